The van der Waals surface area contributed by atoms with E-state index in [0.29, 0.717) is 6.61 Å². The first-order chi connectivity index (χ1) is 6.41. The van der Waals surface area contributed by atoms with Crippen molar-refractivity contribution in [3.8, 4) is 0 Å². The van der Waals surface area contributed by atoms with Crippen LogP contribution in [0.5, 0.6) is 0 Å². The second kappa shape index (κ2) is 4.28. The van der Waals surface area contributed by atoms with Crippen molar-refractivity contribution in [3.05, 3.63) is 0 Å². The Hall–Kier alpha value is -0.610. The van der Waals surface area contributed by atoms with Gasteiger partial charge in [-0.25, -0.2) is 0 Å². The zero-order valence-corrected chi connectivity index (χ0v) is 9.17. The summed E-state index contributed by atoms with van der Waals surface area (Å²) in [6.07, 6.45) is 0.891. The summed E-state index contributed by atoms with van der Waals surface area (Å²) in [5.74, 6) is -0.0759. The summed E-state index contributed by atoms with van der Waals surface area (Å²) in [4.78, 5) is 11.7. The van der Waals surface area contributed by atoms with E-state index in [4.69, 9.17) is 10.5 Å². The van der Waals surface area contributed by atoms with E-state index in [1.165, 1.54) is 0 Å². The van der Waals surface area contributed by atoms with Gasteiger partial charge in [-0.3, -0.25) is 4.79 Å². The lowest BCUT2D eigenvalue weighted by molar-refractivity contribution is -0.125. The fraction of sp³-hybridized carbons (Fsp3) is 0.900. The molecule has 3 N–H and O–H groups in total. The van der Waals surface area contributed by atoms with E-state index in [0.717, 1.165) is 13.0 Å². The molecule has 0 spiro atoms. The van der Waals surface area contributed by atoms with Crippen LogP contribution in [0.1, 0.15) is 27.2 Å². The molecule has 1 heterocycles. The molecule has 0 aromatic heterocycles. The Labute approximate surface area is 85.2 Å². The highest BCUT2D eigenvalue weighted by Gasteiger charge is 2.29. The molecule has 4 heteroatoms. The second-order valence-electron chi connectivity index (χ2n) is 4.91. The van der Waals surface area contributed by atoms with Crippen LogP contribution in [0.4, 0.5) is 0 Å². The van der Waals surface area contributed by atoms with Crippen LogP contribution in [0.15, 0.2) is 0 Å². The highest BCUT2D eigenvalue weighted by atomic mass is 16.5. The summed E-state index contributed by atoms with van der Waals surface area (Å²) in [6, 6.07) is -0.306. The van der Waals surface area contributed by atoms with E-state index < -0.39 is 6.04 Å². The summed E-state index contributed by atoms with van der Waals surface area (Å²) in [5, 5.41) is 2.90. The van der Waals surface area contributed by atoms with Gasteiger partial charge in [0, 0.05) is 6.61 Å². The lowest BCUT2D eigenvalue weighted by atomic mass is 9.87. The van der Waals surface area contributed by atoms with Gasteiger partial charge in [0.15, 0.2) is 0 Å². The minimum atomic E-state index is -0.455. The van der Waals surface area contributed by atoms with Gasteiger partial charge in [-0.15, -0.1) is 0 Å². The normalized spacial score (nSPS) is 24.7. The van der Waals surface area contributed by atoms with E-state index in [1.807, 2.05) is 20.8 Å². The molecule has 4 nitrogen and oxygen atoms in total. The molecule has 1 rings (SSSR count). The molecule has 0 radical (unpaired) electrons. The van der Waals surface area contributed by atoms with Gasteiger partial charge in [0.25, 0.3) is 0 Å². The Morgan fingerprint density at radius 2 is 2.21 bits per heavy atom. The largest absolute Gasteiger partial charge is 0.379 e. The molecule has 1 aliphatic heterocycles. The number of ether oxygens (including phenoxy) is 1. The van der Waals surface area contributed by atoms with Crippen molar-refractivity contribution >= 4 is 5.91 Å². The predicted octanol–water partition coefficient (Wildman–Crippen LogP) is 0.265. The van der Waals surface area contributed by atoms with E-state index in [-0.39, 0.29) is 17.4 Å². The Morgan fingerprint density at radius 1 is 1.57 bits per heavy atom. The number of carbonyl (C=O) groups excluding carboxylic acids is 1. The van der Waals surface area contributed by atoms with Gasteiger partial charge in [0.1, 0.15) is 0 Å². The number of rotatable bonds is 2. The Morgan fingerprint density at radius 3 is 2.64 bits per heavy atom. The average molecular weight is 200 g/mol. The second-order valence-corrected chi connectivity index (χ2v) is 4.91. The maximum atomic E-state index is 11.7. The van der Waals surface area contributed by atoms with Crippen LogP contribution < -0.4 is 11.1 Å². The maximum Gasteiger partial charge on any atom is 0.237 e. The summed E-state index contributed by atoms with van der Waals surface area (Å²) >= 11 is 0. The van der Waals surface area contributed by atoms with Crippen molar-refractivity contribution in [2.24, 2.45) is 11.1 Å². The van der Waals surface area contributed by atoms with Gasteiger partial charge in [-0.05, 0) is 11.8 Å². The molecular formula is C10H20N2O2. The van der Waals surface area contributed by atoms with Crippen LogP contribution in [-0.4, -0.2) is 31.2 Å². The monoisotopic (exact) mass is 200 g/mol. The lowest BCUT2D eigenvalue weighted by Crippen LogP contribution is -2.51. The van der Waals surface area contributed by atoms with Crippen LogP contribution in [0, 0.1) is 5.41 Å². The van der Waals surface area contributed by atoms with Crippen LogP contribution in [-0.2, 0) is 9.53 Å². The first kappa shape index (κ1) is 11.5. The average Bonchev–Trinajstić information content (AvgIpc) is 2.53. The zero-order chi connectivity index (χ0) is 10.8. The number of nitrogens with two attached hydrogens (primary N) is 1. The van der Waals surface area contributed by atoms with Crippen molar-refractivity contribution in [3.63, 3.8) is 0 Å². The molecule has 0 aliphatic carbocycles. The van der Waals surface area contributed by atoms with Crippen LogP contribution in [0.3, 0.4) is 0 Å². The highest BCUT2D eigenvalue weighted by molar-refractivity contribution is 5.82. The summed E-state index contributed by atoms with van der Waals surface area (Å²) in [6.45, 7) is 7.23. The van der Waals surface area contributed by atoms with Gasteiger partial charge in [-0.2, -0.15) is 0 Å². The fourth-order valence-corrected chi connectivity index (χ4v) is 1.33. The number of amides is 1. The third kappa shape index (κ3) is 2.96. The highest BCUT2D eigenvalue weighted by Crippen LogP contribution is 2.17. The third-order valence-corrected chi connectivity index (χ3v) is 2.49. The van der Waals surface area contributed by atoms with E-state index in [2.05, 4.69) is 5.32 Å². The smallest absolute Gasteiger partial charge is 0.237 e. The predicted molar refractivity (Wildman–Crippen MR) is 54.8 cm³/mol. The van der Waals surface area contributed by atoms with E-state index >= 15 is 0 Å². The maximum absolute atomic E-state index is 11.7. The minimum absolute atomic E-state index is 0.0759. The standard InChI is InChI=1S/C10H20N2O2/c1-10(2,3)8(11)9(13)12-7-4-5-14-6-7/h7-8H,4-6,11H2,1-3H3,(H,12,13). The minimum Gasteiger partial charge on any atom is -0.379 e. The molecule has 0 bridgehead atoms. The Balaban J connectivity index is 2.41. The molecule has 0 saturated carbocycles. The zero-order valence-electron chi connectivity index (χ0n) is 9.17. The van der Waals surface area contributed by atoms with Gasteiger partial charge in [-0.1, -0.05) is 20.8 Å². The quantitative estimate of drug-likeness (QED) is 0.672. The summed E-state index contributed by atoms with van der Waals surface area (Å²) in [7, 11) is 0. The fourth-order valence-electron chi connectivity index (χ4n) is 1.33. The van der Waals surface area contributed by atoms with Gasteiger partial charge in [0.2, 0.25) is 5.91 Å². The first-order valence-electron chi connectivity index (χ1n) is 5.05. The van der Waals surface area contributed by atoms with Crippen LogP contribution in [0.2, 0.25) is 0 Å². The number of nitrogens with one attached hydrogen (secondary N) is 1. The van der Waals surface area contributed by atoms with Gasteiger partial charge in [0.05, 0.1) is 18.7 Å². The molecule has 1 amide bonds. The molecule has 82 valence electrons. The van der Waals surface area contributed by atoms with Crippen LogP contribution in [0.25, 0.3) is 0 Å². The first-order valence-corrected chi connectivity index (χ1v) is 5.05. The van der Waals surface area contributed by atoms with Crippen molar-refractivity contribution < 1.29 is 9.53 Å². The Kier molecular flexibility index (Phi) is 3.50. The van der Waals surface area contributed by atoms with Gasteiger partial charge >= 0.3 is 0 Å². The molecule has 0 aromatic carbocycles. The summed E-state index contributed by atoms with van der Waals surface area (Å²) in [5.41, 5.74) is 5.63. The molecule has 14 heavy (non-hydrogen) atoms. The van der Waals surface area contributed by atoms with Crippen LogP contribution >= 0.6 is 0 Å². The van der Waals surface area contributed by atoms with E-state index in [9.17, 15) is 4.79 Å². The van der Waals surface area contributed by atoms with E-state index in [1.54, 1.807) is 0 Å². The molecule has 1 fully saturated rings. The van der Waals surface area contributed by atoms with Crippen molar-refractivity contribution in [2.75, 3.05) is 13.2 Å². The summed E-state index contributed by atoms with van der Waals surface area (Å²) < 4.78 is 5.17. The van der Waals surface area contributed by atoms with Gasteiger partial charge < -0.3 is 15.8 Å². The molecule has 2 atom stereocenters. The Bertz CT molecular complexity index is 205. The topological polar surface area (TPSA) is 64.4 Å². The molecule has 2 unspecified atom stereocenters. The molecule has 1 saturated heterocycles. The SMILES string of the molecule is CC(C)(C)C(N)C(=O)NC1CCOC1. The van der Waals surface area contributed by atoms with Crippen molar-refractivity contribution in [1.29, 1.82) is 0 Å². The number of hydrogen-bond donors (Lipinski definition) is 2. The van der Waals surface area contributed by atoms with Crippen molar-refractivity contribution in [2.45, 2.75) is 39.3 Å². The van der Waals surface area contributed by atoms with Crippen molar-refractivity contribution in [1.82, 2.24) is 5.32 Å². The number of carbonyl (C=O) groups is 1. The molecule has 1 aliphatic rings. The lowest BCUT2D eigenvalue weighted by Gasteiger charge is -2.26. The number of hydrogen-bond acceptors (Lipinski definition) is 3. The molecular weight excluding hydrogens is 180 g/mol. The third-order valence-electron chi connectivity index (χ3n) is 2.49. The molecule has 0 aromatic rings.